The van der Waals surface area contributed by atoms with Crippen molar-refractivity contribution in [3.63, 3.8) is 0 Å². The number of rotatable bonds is 5. The summed E-state index contributed by atoms with van der Waals surface area (Å²) in [5, 5.41) is 0. The maximum Gasteiger partial charge on any atom is 0.0276 e. The monoisotopic (exact) mass is 183 g/mol. The van der Waals surface area contributed by atoms with Gasteiger partial charge in [0.2, 0.25) is 0 Å². The fraction of sp³-hybridized carbons (Fsp3) is 0.833. The average Bonchev–Trinajstić information content (AvgIpc) is 2.00. The van der Waals surface area contributed by atoms with Crippen molar-refractivity contribution in [1.82, 2.24) is 4.90 Å². The van der Waals surface area contributed by atoms with Crippen LogP contribution >= 0.6 is 0 Å². The lowest BCUT2D eigenvalue weighted by Crippen LogP contribution is -2.36. The Morgan fingerprint density at radius 1 is 1.15 bits per heavy atom. The van der Waals surface area contributed by atoms with Gasteiger partial charge in [0.15, 0.2) is 0 Å². The van der Waals surface area contributed by atoms with E-state index in [-0.39, 0.29) is 0 Å². The van der Waals surface area contributed by atoms with Gasteiger partial charge in [-0.15, -0.1) is 0 Å². The topological polar surface area (TPSA) is 3.24 Å². The summed E-state index contributed by atoms with van der Waals surface area (Å²) in [6.45, 7) is 15.3. The first kappa shape index (κ1) is 12.7. The molecule has 0 rings (SSSR count). The molecule has 0 saturated carbocycles. The van der Waals surface area contributed by atoms with Crippen molar-refractivity contribution in [3.8, 4) is 0 Å². The summed E-state index contributed by atoms with van der Waals surface area (Å²) < 4.78 is 0. The van der Waals surface area contributed by atoms with Crippen LogP contribution < -0.4 is 0 Å². The van der Waals surface area contributed by atoms with Gasteiger partial charge in [-0.1, -0.05) is 26.0 Å². The zero-order valence-electron chi connectivity index (χ0n) is 10.1. The van der Waals surface area contributed by atoms with Gasteiger partial charge < -0.3 is 0 Å². The minimum atomic E-state index is 0.502. The zero-order chi connectivity index (χ0) is 10.6. The molecule has 1 nitrogen and oxygen atoms in total. The third kappa shape index (κ3) is 4.47. The van der Waals surface area contributed by atoms with Gasteiger partial charge in [0.05, 0.1) is 0 Å². The van der Waals surface area contributed by atoms with Crippen LogP contribution in [0, 0.1) is 5.92 Å². The second-order valence-electron chi connectivity index (χ2n) is 4.69. The summed E-state index contributed by atoms with van der Waals surface area (Å²) in [5.41, 5.74) is 1.35. The lowest BCUT2D eigenvalue weighted by atomic mass is 9.98. The molecule has 0 spiro atoms. The normalized spacial score (nSPS) is 14.2. The van der Waals surface area contributed by atoms with Crippen LogP contribution in [0.25, 0.3) is 0 Å². The van der Waals surface area contributed by atoms with Gasteiger partial charge in [0.25, 0.3) is 0 Å². The predicted octanol–water partition coefficient (Wildman–Crippen LogP) is 3.32. The van der Waals surface area contributed by atoms with Gasteiger partial charge in [0.1, 0.15) is 0 Å². The molecular formula is C12H25N. The molecule has 0 amide bonds. The second-order valence-corrected chi connectivity index (χ2v) is 4.69. The highest BCUT2D eigenvalue weighted by Crippen LogP contribution is 2.17. The van der Waals surface area contributed by atoms with E-state index in [2.05, 4.69) is 53.1 Å². The highest BCUT2D eigenvalue weighted by atomic mass is 15.1. The first-order valence-electron chi connectivity index (χ1n) is 5.25. The molecule has 0 fully saturated rings. The third-order valence-corrected chi connectivity index (χ3v) is 2.69. The average molecular weight is 183 g/mol. The highest BCUT2D eigenvalue weighted by molar-refractivity contribution is 5.04. The molecule has 13 heavy (non-hydrogen) atoms. The SMILES string of the molecule is C=C(CC(C)C)C(C)N(C)C(C)C. The molecule has 0 aromatic heterocycles. The summed E-state index contributed by atoms with van der Waals surface area (Å²) in [6, 6.07) is 1.10. The van der Waals surface area contributed by atoms with E-state index in [1.165, 1.54) is 5.57 Å². The minimum Gasteiger partial charge on any atom is -0.298 e. The molecule has 0 aliphatic rings. The van der Waals surface area contributed by atoms with Gasteiger partial charge in [-0.3, -0.25) is 4.90 Å². The molecule has 1 heteroatoms. The maximum atomic E-state index is 4.16. The van der Waals surface area contributed by atoms with Crippen molar-refractivity contribution in [2.24, 2.45) is 5.92 Å². The Labute approximate surface area is 83.8 Å². The van der Waals surface area contributed by atoms with E-state index in [1.54, 1.807) is 0 Å². The molecule has 0 aromatic rings. The number of hydrogen-bond acceptors (Lipinski definition) is 1. The van der Waals surface area contributed by atoms with Crippen LogP contribution in [0.4, 0.5) is 0 Å². The first-order chi connectivity index (χ1) is 5.86. The molecule has 0 radical (unpaired) electrons. The Balaban J connectivity index is 4.09. The smallest absolute Gasteiger partial charge is 0.0276 e. The van der Waals surface area contributed by atoms with Crippen molar-refractivity contribution < 1.29 is 0 Å². The number of likely N-dealkylation sites (N-methyl/N-ethyl adjacent to an activating group) is 1. The summed E-state index contributed by atoms with van der Waals surface area (Å²) in [5.74, 6) is 0.718. The molecule has 0 aliphatic heterocycles. The van der Waals surface area contributed by atoms with Crippen LogP contribution in [0.1, 0.15) is 41.0 Å². The Hall–Kier alpha value is -0.300. The predicted molar refractivity (Wildman–Crippen MR) is 61.0 cm³/mol. The first-order valence-corrected chi connectivity index (χ1v) is 5.25. The van der Waals surface area contributed by atoms with E-state index in [0.29, 0.717) is 12.1 Å². The van der Waals surface area contributed by atoms with Crippen LogP contribution in [0.15, 0.2) is 12.2 Å². The van der Waals surface area contributed by atoms with Crippen molar-refractivity contribution in [3.05, 3.63) is 12.2 Å². The minimum absolute atomic E-state index is 0.502. The van der Waals surface area contributed by atoms with Gasteiger partial charge in [-0.2, -0.15) is 0 Å². The fourth-order valence-electron chi connectivity index (χ4n) is 1.43. The summed E-state index contributed by atoms with van der Waals surface area (Å²) in [6.07, 6.45) is 1.14. The van der Waals surface area contributed by atoms with Crippen LogP contribution in [0.2, 0.25) is 0 Å². The Morgan fingerprint density at radius 3 is 1.92 bits per heavy atom. The molecule has 78 valence electrons. The van der Waals surface area contributed by atoms with Crippen LogP contribution in [0.3, 0.4) is 0 Å². The van der Waals surface area contributed by atoms with Crippen molar-refractivity contribution >= 4 is 0 Å². The van der Waals surface area contributed by atoms with Gasteiger partial charge in [-0.25, -0.2) is 0 Å². The zero-order valence-corrected chi connectivity index (χ0v) is 10.1. The van der Waals surface area contributed by atoms with Crippen LogP contribution in [0.5, 0.6) is 0 Å². The molecule has 0 bridgehead atoms. The fourth-order valence-corrected chi connectivity index (χ4v) is 1.43. The van der Waals surface area contributed by atoms with Crippen molar-refractivity contribution in [2.45, 2.75) is 53.1 Å². The highest BCUT2D eigenvalue weighted by Gasteiger charge is 2.15. The summed E-state index contributed by atoms with van der Waals surface area (Å²) in [7, 11) is 2.17. The molecule has 0 N–H and O–H groups in total. The van der Waals surface area contributed by atoms with E-state index in [4.69, 9.17) is 0 Å². The lowest BCUT2D eigenvalue weighted by molar-refractivity contribution is 0.228. The molecule has 0 saturated heterocycles. The Bertz CT molecular complexity index is 159. The van der Waals surface area contributed by atoms with Crippen LogP contribution in [-0.2, 0) is 0 Å². The summed E-state index contributed by atoms with van der Waals surface area (Å²) in [4.78, 5) is 2.37. The molecule has 0 heterocycles. The van der Waals surface area contributed by atoms with E-state index >= 15 is 0 Å². The molecule has 1 atom stereocenters. The van der Waals surface area contributed by atoms with E-state index < -0.39 is 0 Å². The summed E-state index contributed by atoms with van der Waals surface area (Å²) >= 11 is 0. The van der Waals surface area contributed by atoms with Gasteiger partial charge in [-0.05, 0) is 40.2 Å². The van der Waals surface area contributed by atoms with Crippen LogP contribution in [-0.4, -0.2) is 24.0 Å². The number of hydrogen-bond donors (Lipinski definition) is 0. The quantitative estimate of drug-likeness (QED) is 0.591. The Kier molecular flexibility index (Phi) is 5.31. The lowest BCUT2D eigenvalue weighted by Gasteiger charge is -2.30. The number of nitrogens with zero attached hydrogens (tertiary/aromatic N) is 1. The molecule has 0 aliphatic carbocycles. The van der Waals surface area contributed by atoms with Gasteiger partial charge >= 0.3 is 0 Å². The van der Waals surface area contributed by atoms with Crippen molar-refractivity contribution in [2.75, 3.05) is 7.05 Å². The van der Waals surface area contributed by atoms with E-state index in [0.717, 1.165) is 12.3 Å². The molecular weight excluding hydrogens is 158 g/mol. The standard InChI is InChI=1S/C12H25N/c1-9(2)8-11(5)12(6)13(7)10(3)4/h9-10,12H,5,8H2,1-4,6-7H3. The van der Waals surface area contributed by atoms with E-state index in [9.17, 15) is 0 Å². The maximum absolute atomic E-state index is 4.16. The van der Waals surface area contributed by atoms with Gasteiger partial charge in [0, 0.05) is 12.1 Å². The molecule has 1 unspecified atom stereocenters. The largest absolute Gasteiger partial charge is 0.298 e. The van der Waals surface area contributed by atoms with Crippen molar-refractivity contribution in [1.29, 1.82) is 0 Å². The second kappa shape index (κ2) is 5.43. The Morgan fingerprint density at radius 2 is 1.62 bits per heavy atom. The molecule has 0 aromatic carbocycles. The van der Waals surface area contributed by atoms with E-state index in [1.807, 2.05) is 0 Å². The third-order valence-electron chi connectivity index (χ3n) is 2.69.